The van der Waals surface area contributed by atoms with E-state index in [0.717, 1.165) is 10.2 Å². The molecule has 0 spiro atoms. The standard InChI is InChI=1S/C15H15BrN2O3/c1-8(2)14-17-9(3)6-13(18-14)21-12-7-10(16)4-5-11(12)15(19)20/h4-8H,1-3H3,(H,19,20). The molecule has 1 N–H and O–H groups in total. The van der Waals surface area contributed by atoms with Crippen LogP contribution in [0, 0.1) is 6.92 Å². The van der Waals surface area contributed by atoms with Gasteiger partial charge in [0.2, 0.25) is 5.88 Å². The quantitative estimate of drug-likeness (QED) is 0.895. The molecule has 2 aromatic rings. The molecule has 2 rings (SSSR count). The number of hydrogen-bond donors (Lipinski definition) is 1. The van der Waals surface area contributed by atoms with E-state index in [-0.39, 0.29) is 17.2 Å². The summed E-state index contributed by atoms with van der Waals surface area (Å²) in [5, 5.41) is 9.20. The fourth-order valence-electron chi connectivity index (χ4n) is 1.74. The van der Waals surface area contributed by atoms with E-state index in [1.165, 1.54) is 6.07 Å². The Bertz CT molecular complexity index is 687. The Kier molecular flexibility index (Phi) is 4.57. The van der Waals surface area contributed by atoms with Crippen molar-refractivity contribution in [2.24, 2.45) is 0 Å². The number of hydrogen-bond acceptors (Lipinski definition) is 4. The highest BCUT2D eigenvalue weighted by Crippen LogP contribution is 2.28. The summed E-state index contributed by atoms with van der Waals surface area (Å²) in [5.74, 6) is 0.356. The third kappa shape index (κ3) is 3.78. The van der Waals surface area contributed by atoms with Crippen molar-refractivity contribution in [1.82, 2.24) is 9.97 Å². The highest BCUT2D eigenvalue weighted by molar-refractivity contribution is 9.10. The van der Waals surface area contributed by atoms with Gasteiger partial charge in [-0.05, 0) is 25.1 Å². The Hall–Kier alpha value is -1.95. The van der Waals surface area contributed by atoms with Gasteiger partial charge in [0.05, 0.1) is 0 Å². The van der Waals surface area contributed by atoms with E-state index in [0.29, 0.717) is 11.7 Å². The molecule has 0 aliphatic carbocycles. The van der Waals surface area contributed by atoms with E-state index < -0.39 is 5.97 Å². The second kappa shape index (κ2) is 6.22. The van der Waals surface area contributed by atoms with Gasteiger partial charge in [-0.1, -0.05) is 29.8 Å². The Labute approximate surface area is 131 Å². The summed E-state index contributed by atoms with van der Waals surface area (Å²) in [6.07, 6.45) is 0. The molecule has 1 heterocycles. The number of halogens is 1. The number of ether oxygens (including phenoxy) is 1. The van der Waals surface area contributed by atoms with E-state index in [2.05, 4.69) is 25.9 Å². The molecule has 0 aliphatic heterocycles. The fourth-order valence-corrected chi connectivity index (χ4v) is 2.08. The summed E-state index contributed by atoms with van der Waals surface area (Å²) in [4.78, 5) is 19.9. The largest absolute Gasteiger partial charge is 0.478 e. The minimum Gasteiger partial charge on any atom is -0.478 e. The van der Waals surface area contributed by atoms with E-state index in [1.807, 2.05) is 20.8 Å². The summed E-state index contributed by atoms with van der Waals surface area (Å²) < 4.78 is 6.40. The molecule has 1 aromatic heterocycles. The molecule has 0 unspecified atom stereocenters. The molecular weight excluding hydrogens is 336 g/mol. The second-order valence-corrected chi connectivity index (χ2v) is 5.82. The molecule has 0 radical (unpaired) electrons. The van der Waals surface area contributed by atoms with Gasteiger partial charge in [0, 0.05) is 22.2 Å². The average molecular weight is 351 g/mol. The zero-order valence-electron chi connectivity index (χ0n) is 11.9. The van der Waals surface area contributed by atoms with Crippen LogP contribution in [0.15, 0.2) is 28.7 Å². The van der Waals surface area contributed by atoms with Crippen LogP contribution in [0.4, 0.5) is 0 Å². The lowest BCUT2D eigenvalue weighted by atomic mass is 10.2. The summed E-state index contributed by atoms with van der Waals surface area (Å²) in [6, 6.07) is 6.43. The van der Waals surface area contributed by atoms with Crippen LogP contribution in [0.3, 0.4) is 0 Å². The number of carboxylic acids is 1. The van der Waals surface area contributed by atoms with Crippen molar-refractivity contribution in [2.75, 3.05) is 0 Å². The molecule has 0 amide bonds. The fraction of sp³-hybridized carbons (Fsp3) is 0.267. The molecule has 0 bridgehead atoms. The third-order valence-corrected chi connectivity index (χ3v) is 3.25. The van der Waals surface area contributed by atoms with E-state index in [4.69, 9.17) is 4.74 Å². The molecule has 21 heavy (non-hydrogen) atoms. The Balaban J connectivity index is 2.42. The van der Waals surface area contributed by atoms with E-state index in [9.17, 15) is 9.90 Å². The van der Waals surface area contributed by atoms with Crippen LogP contribution >= 0.6 is 15.9 Å². The average Bonchev–Trinajstić information content (AvgIpc) is 2.37. The maximum absolute atomic E-state index is 11.2. The van der Waals surface area contributed by atoms with Crippen LogP contribution in [0.1, 0.15) is 41.6 Å². The number of aryl methyl sites for hydroxylation is 1. The van der Waals surface area contributed by atoms with Gasteiger partial charge >= 0.3 is 5.97 Å². The summed E-state index contributed by atoms with van der Waals surface area (Å²) in [6.45, 7) is 5.82. The minimum atomic E-state index is -1.05. The summed E-state index contributed by atoms with van der Waals surface area (Å²) in [7, 11) is 0. The lowest BCUT2D eigenvalue weighted by Gasteiger charge is -2.11. The molecule has 0 fully saturated rings. The number of benzene rings is 1. The molecule has 0 saturated heterocycles. The maximum atomic E-state index is 11.2. The van der Waals surface area contributed by atoms with Crippen LogP contribution in [0.25, 0.3) is 0 Å². The highest BCUT2D eigenvalue weighted by Gasteiger charge is 2.14. The lowest BCUT2D eigenvalue weighted by Crippen LogP contribution is -2.04. The number of carboxylic acid groups (broad SMARTS) is 1. The molecule has 1 aromatic carbocycles. The van der Waals surface area contributed by atoms with E-state index in [1.54, 1.807) is 18.2 Å². The smallest absolute Gasteiger partial charge is 0.339 e. The van der Waals surface area contributed by atoms with Crippen molar-refractivity contribution in [1.29, 1.82) is 0 Å². The maximum Gasteiger partial charge on any atom is 0.339 e. The molecule has 6 heteroatoms. The number of aromatic nitrogens is 2. The van der Waals surface area contributed by atoms with Gasteiger partial charge in [0.25, 0.3) is 0 Å². The zero-order valence-corrected chi connectivity index (χ0v) is 13.5. The number of carbonyl (C=O) groups is 1. The monoisotopic (exact) mass is 350 g/mol. The Morgan fingerprint density at radius 2 is 2.00 bits per heavy atom. The van der Waals surface area contributed by atoms with E-state index >= 15 is 0 Å². The third-order valence-electron chi connectivity index (χ3n) is 2.75. The topological polar surface area (TPSA) is 72.3 Å². The lowest BCUT2D eigenvalue weighted by molar-refractivity contribution is 0.0694. The van der Waals surface area contributed by atoms with Gasteiger partial charge in [0.1, 0.15) is 17.1 Å². The van der Waals surface area contributed by atoms with Gasteiger partial charge < -0.3 is 9.84 Å². The van der Waals surface area contributed by atoms with Crippen LogP contribution in [-0.2, 0) is 0 Å². The van der Waals surface area contributed by atoms with Crippen molar-refractivity contribution in [3.8, 4) is 11.6 Å². The molecule has 110 valence electrons. The van der Waals surface area contributed by atoms with Gasteiger partial charge in [-0.2, -0.15) is 4.98 Å². The molecule has 5 nitrogen and oxygen atoms in total. The Morgan fingerprint density at radius 1 is 1.29 bits per heavy atom. The van der Waals surface area contributed by atoms with Crippen LogP contribution in [-0.4, -0.2) is 21.0 Å². The number of rotatable bonds is 4. The molecule has 0 aliphatic rings. The van der Waals surface area contributed by atoms with Gasteiger partial charge in [-0.25, -0.2) is 9.78 Å². The van der Waals surface area contributed by atoms with Gasteiger partial charge in [-0.3, -0.25) is 0 Å². The van der Waals surface area contributed by atoms with Gasteiger partial charge in [-0.15, -0.1) is 0 Å². The predicted octanol–water partition coefficient (Wildman–Crippen LogP) is 4.16. The van der Waals surface area contributed by atoms with Crippen molar-refractivity contribution >= 4 is 21.9 Å². The van der Waals surface area contributed by atoms with Gasteiger partial charge in [0.15, 0.2) is 0 Å². The predicted molar refractivity (Wildman–Crippen MR) is 82.0 cm³/mol. The first-order valence-electron chi connectivity index (χ1n) is 6.43. The van der Waals surface area contributed by atoms with Crippen LogP contribution in [0.2, 0.25) is 0 Å². The second-order valence-electron chi connectivity index (χ2n) is 4.91. The number of aromatic carboxylic acids is 1. The summed E-state index contributed by atoms with van der Waals surface area (Å²) >= 11 is 3.31. The molecular formula is C15H15BrN2O3. The SMILES string of the molecule is Cc1cc(Oc2cc(Br)ccc2C(=O)O)nc(C(C)C)n1. The first-order valence-corrected chi connectivity index (χ1v) is 7.22. The molecule has 0 atom stereocenters. The first kappa shape index (κ1) is 15.4. The zero-order chi connectivity index (χ0) is 15.6. The Morgan fingerprint density at radius 3 is 2.62 bits per heavy atom. The van der Waals surface area contributed by atoms with Crippen molar-refractivity contribution < 1.29 is 14.6 Å². The van der Waals surface area contributed by atoms with Crippen LogP contribution in [0.5, 0.6) is 11.6 Å². The number of nitrogens with zero attached hydrogens (tertiary/aromatic N) is 2. The first-order chi connectivity index (χ1) is 9.86. The minimum absolute atomic E-state index is 0.0839. The van der Waals surface area contributed by atoms with Crippen molar-refractivity contribution in [2.45, 2.75) is 26.7 Å². The molecule has 0 saturated carbocycles. The highest BCUT2D eigenvalue weighted by atomic mass is 79.9. The van der Waals surface area contributed by atoms with Crippen molar-refractivity contribution in [3.63, 3.8) is 0 Å². The van der Waals surface area contributed by atoms with Crippen LogP contribution < -0.4 is 4.74 Å². The summed E-state index contributed by atoms with van der Waals surface area (Å²) in [5.41, 5.74) is 0.858. The van der Waals surface area contributed by atoms with Crippen molar-refractivity contribution in [3.05, 3.63) is 45.8 Å². The normalized spacial score (nSPS) is 10.7.